The fourth-order valence-electron chi connectivity index (χ4n) is 2.97. The zero-order valence-corrected chi connectivity index (χ0v) is 11.4. The summed E-state index contributed by atoms with van der Waals surface area (Å²) in [4.78, 5) is 14.1. The highest BCUT2D eigenvalue weighted by Gasteiger charge is 2.34. The van der Waals surface area contributed by atoms with Gasteiger partial charge in [-0.15, -0.1) is 0 Å². The van der Waals surface area contributed by atoms with Crippen LogP contribution in [0.1, 0.15) is 17.5 Å². The third-order valence-electron chi connectivity index (χ3n) is 3.65. The molecule has 1 fully saturated rings. The Kier molecular flexibility index (Phi) is 2.62. The van der Waals surface area contributed by atoms with Crippen molar-refractivity contribution >= 4 is 27.5 Å². The van der Waals surface area contributed by atoms with Crippen LogP contribution in [-0.2, 0) is 11.2 Å². The molecular formula is C13H15BrN2O. The lowest BCUT2D eigenvalue weighted by molar-refractivity contribution is -0.123. The first-order valence-corrected chi connectivity index (χ1v) is 6.79. The van der Waals surface area contributed by atoms with E-state index in [1.54, 1.807) is 0 Å². The van der Waals surface area contributed by atoms with Crippen molar-refractivity contribution in [2.45, 2.75) is 25.8 Å². The molecule has 1 N–H and O–H groups in total. The lowest BCUT2D eigenvalue weighted by Gasteiger charge is -2.42. The highest BCUT2D eigenvalue weighted by molar-refractivity contribution is 9.10. The van der Waals surface area contributed by atoms with E-state index in [1.165, 1.54) is 16.8 Å². The summed E-state index contributed by atoms with van der Waals surface area (Å²) < 4.78 is 1.13. The van der Waals surface area contributed by atoms with Crippen LogP contribution < -0.4 is 10.2 Å². The van der Waals surface area contributed by atoms with Crippen molar-refractivity contribution in [3.8, 4) is 0 Å². The molecule has 1 aromatic rings. The van der Waals surface area contributed by atoms with Crippen LogP contribution in [0.4, 0.5) is 5.69 Å². The van der Waals surface area contributed by atoms with Gasteiger partial charge in [0, 0.05) is 23.2 Å². The molecular weight excluding hydrogens is 280 g/mol. The second-order valence-corrected chi connectivity index (χ2v) is 5.68. The van der Waals surface area contributed by atoms with Gasteiger partial charge in [0.2, 0.25) is 5.91 Å². The number of fused-ring (bicyclic) bond motifs is 3. The van der Waals surface area contributed by atoms with Gasteiger partial charge in [-0.1, -0.05) is 15.9 Å². The van der Waals surface area contributed by atoms with E-state index in [-0.39, 0.29) is 11.9 Å². The Bertz CT molecular complexity index is 487. The van der Waals surface area contributed by atoms with Gasteiger partial charge in [-0.2, -0.15) is 0 Å². The maximum atomic E-state index is 11.9. The van der Waals surface area contributed by atoms with Crippen LogP contribution in [0.2, 0.25) is 0 Å². The molecule has 1 atom stereocenters. The summed E-state index contributed by atoms with van der Waals surface area (Å²) in [6.45, 7) is 3.80. The molecule has 1 aromatic carbocycles. The monoisotopic (exact) mass is 294 g/mol. The minimum absolute atomic E-state index is 0.0381. The predicted octanol–water partition coefficient (Wildman–Crippen LogP) is 2.01. The fourth-order valence-corrected chi connectivity index (χ4v) is 3.59. The number of benzene rings is 1. The summed E-state index contributed by atoms with van der Waals surface area (Å²) in [6.07, 6.45) is 1.92. The highest BCUT2D eigenvalue weighted by atomic mass is 79.9. The second kappa shape index (κ2) is 4.02. The first kappa shape index (κ1) is 11.1. The molecule has 0 spiro atoms. The van der Waals surface area contributed by atoms with Gasteiger partial charge < -0.3 is 10.2 Å². The molecule has 0 saturated carbocycles. The summed E-state index contributed by atoms with van der Waals surface area (Å²) in [5.74, 6) is 0.184. The first-order valence-electron chi connectivity index (χ1n) is 6.00. The predicted molar refractivity (Wildman–Crippen MR) is 71.3 cm³/mol. The van der Waals surface area contributed by atoms with Crippen LogP contribution in [0.5, 0.6) is 0 Å². The molecule has 0 radical (unpaired) electrons. The third kappa shape index (κ3) is 1.75. The summed E-state index contributed by atoms with van der Waals surface area (Å²) in [5.41, 5.74) is 3.90. The lowest BCUT2D eigenvalue weighted by Crippen LogP contribution is -2.57. The number of halogens is 1. The Morgan fingerprint density at radius 1 is 1.47 bits per heavy atom. The normalized spacial score (nSPS) is 22.8. The number of hydrogen-bond acceptors (Lipinski definition) is 2. The van der Waals surface area contributed by atoms with Gasteiger partial charge in [0.05, 0.1) is 0 Å². The van der Waals surface area contributed by atoms with Gasteiger partial charge >= 0.3 is 0 Å². The SMILES string of the molecule is Cc1cc(Br)cc2c1N1CCNC(=O)C1CC2. The molecule has 3 rings (SSSR count). The van der Waals surface area contributed by atoms with Gasteiger partial charge in [0.1, 0.15) is 6.04 Å². The maximum absolute atomic E-state index is 11.9. The Morgan fingerprint density at radius 2 is 2.29 bits per heavy atom. The number of anilines is 1. The standard InChI is InChI=1S/C13H15BrN2O/c1-8-6-10(14)7-9-2-3-11-13(17)15-4-5-16(11)12(8)9/h6-7,11H,2-5H2,1H3,(H,15,17). The number of nitrogens with zero attached hydrogens (tertiary/aromatic N) is 1. The molecule has 0 aromatic heterocycles. The van der Waals surface area contributed by atoms with Gasteiger partial charge in [-0.25, -0.2) is 0 Å². The molecule has 2 heterocycles. The molecule has 0 aliphatic carbocycles. The van der Waals surface area contributed by atoms with Crippen molar-refractivity contribution in [3.05, 3.63) is 27.7 Å². The summed E-state index contributed by atoms with van der Waals surface area (Å²) in [5, 5.41) is 2.95. The van der Waals surface area contributed by atoms with E-state index in [9.17, 15) is 4.79 Å². The average molecular weight is 295 g/mol. The van der Waals surface area contributed by atoms with E-state index in [0.717, 1.165) is 30.4 Å². The van der Waals surface area contributed by atoms with Crippen LogP contribution in [0.3, 0.4) is 0 Å². The number of carbonyl (C=O) groups is 1. The molecule has 1 saturated heterocycles. The van der Waals surface area contributed by atoms with Crippen LogP contribution in [0.25, 0.3) is 0 Å². The lowest BCUT2D eigenvalue weighted by atomic mass is 9.92. The molecule has 17 heavy (non-hydrogen) atoms. The fraction of sp³-hybridized carbons (Fsp3) is 0.462. The van der Waals surface area contributed by atoms with E-state index in [1.807, 2.05) is 0 Å². The van der Waals surface area contributed by atoms with E-state index < -0.39 is 0 Å². The molecule has 2 aliphatic rings. The molecule has 4 heteroatoms. The number of nitrogens with one attached hydrogen (secondary N) is 1. The first-order chi connectivity index (χ1) is 8.16. The molecule has 0 bridgehead atoms. The molecule has 1 amide bonds. The van der Waals surface area contributed by atoms with Gasteiger partial charge in [0.25, 0.3) is 0 Å². The number of rotatable bonds is 0. The van der Waals surface area contributed by atoms with Gasteiger partial charge in [0.15, 0.2) is 0 Å². The van der Waals surface area contributed by atoms with Crippen molar-refractivity contribution in [1.29, 1.82) is 0 Å². The van der Waals surface area contributed by atoms with Crippen molar-refractivity contribution in [2.24, 2.45) is 0 Å². The van der Waals surface area contributed by atoms with Gasteiger partial charge in [-0.3, -0.25) is 4.79 Å². The molecule has 3 nitrogen and oxygen atoms in total. The molecule has 1 unspecified atom stereocenters. The Balaban J connectivity index is 2.09. The topological polar surface area (TPSA) is 32.3 Å². The zero-order valence-electron chi connectivity index (χ0n) is 9.79. The van der Waals surface area contributed by atoms with Crippen molar-refractivity contribution in [3.63, 3.8) is 0 Å². The van der Waals surface area contributed by atoms with Crippen molar-refractivity contribution in [1.82, 2.24) is 5.32 Å². The van der Waals surface area contributed by atoms with E-state index in [4.69, 9.17) is 0 Å². The highest BCUT2D eigenvalue weighted by Crippen LogP contribution is 2.36. The number of hydrogen-bond donors (Lipinski definition) is 1. The van der Waals surface area contributed by atoms with E-state index >= 15 is 0 Å². The van der Waals surface area contributed by atoms with Crippen LogP contribution >= 0.6 is 15.9 Å². The maximum Gasteiger partial charge on any atom is 0.242 e. The van der Waals surface area contributed by atoms with Crippen LogP contribution in [-0.4, -0.2) is 25.0 Å². The average Bonchev–Trinajstić information content (AvgIpc) is 2.28. The third-order valence-corrected chi connectivity index (χ3v) is 4.11. The minimum Gasteiger partial charge on any atom is -0.357 e. The van der Waals surface area contributed by atoms with Crippen LogP contribution in [0.15, 0.2) is 16.6 Å². The summed E-state index contributed by atoms with van der Waals surface area (Å²) in [6, 6.07) is 4.36. The van der Waals surface area contributed by atoms with Gasteiger partial charge in [-0.05, 0) is 43.0 Å². The zero-order chi connectivity index (χ0) is 12.0. The van der Waals surface area contributed by atoms with Crippen molar-refractivity contribution < 1.29 is 4.79 Å². The number of aryl methyl sites for hydroxylation is 2. The number of amides is 1. The number of piperazine rings is 1. The molecule has 2 aliphatic heterocycles. The minimum atomic E-state index is 0.0381. The largest absolute Gasteiger partial charge is 0.357 e. The summed E-state index contributed by atoms with van der Waals surface area (Å²) in [7, 11) is 0. The Labute approximate surface area is 109 Å². The smallest absolute Gasteiger partial charge is 0.242 e. The molecule has 90 valence electrons. The van der Waals surface area contributed by atoms with E-state index in [0.29, 0.717) is 0 Å². The Morgan fingerprint density at radius 3 is 3.12 bits per heavy atom. The number of carbonyl (C=O) groups excluding carboxylic acids is 1. The second-order valence-electron chi connectivity index (χ2n) is 4.77. The Hall–Kier alpha value is -1.03. The summed E-state index contributed by atoms with van der Waals surface area (Å²) >= 11 is 3.54. The van der Waals surface area contributed by atoms with Crippen LogP contribution in [0, 0.1) is 6.92 Å². The van der Waals surface area contributed by atoms with E-state index in [2.05, 4.69) is 45.2 Å². The van der Waals surface area contributed by atoms with Crippen molar-refractivity contribution in [2.75, 3.05) is 18.0 Å². The quantitative estimate of drug-likeness (QED) is 0.794.